The number of aliphatic hydroxyl groups is 1. The molecule has 3 aromatic rings. The van der Waals surface area contributed by atoms with E-state index in [9.17, 15) is 33.9 Å². The maximum atomic E-state index is 13.9. The first kappa shape index (κ1) is 45.5. The van der Waals surface area contributed by atoms with Gasteiger partial charge >= 0.3 is 0 Å². The molecule has 2 aromatic carbocycles. The predicted molar refractivity (Wildman–Crippen MR) is 237 cm³/mol. The van der Waals surface area contributed by atoms with Crippen LogP contribution in [0.5, 0.6) is 0 Å². The average molecular weight is 875 g/mol. The Balaban J connectivity index is 0.822. The maximum Gasteiger partial charge on any atom is 0.253 e. The highest BCUT2D eigenvalue weighted by atomic mass is 16.5. The molecule has 64 heavy (non-hydrogen) atoms. The summed E-state index contributed by atoms with van der Waals surface area (Å²) in [4.78, 5) is 90.1. The van der Waals surface area contributed by atoms with E-state index in [1.807, 2.05) is 31.2 Å². The van der Waals surface area contributed by atoms with Gasteiger partial charge in [-0.25, -0.2) is 4.99 Å². The number of carbonyl (C=O) groups excluding carboxylic acids is 6. The van der Waals surface area contributed by atoms with Gasteiger partial charge in [-0.2, -0.15) is 0 Å². The second-order valence-electron chi connectivity index (χ2n) is 16.2. The molecule has 0 radical (unpaired) electrons. The monoisotopic (exact) mass is 874 g/mol. The number of ether oxygens (including phenoxy) is 2. The van der Waals surface area contributed by atoms with Crippen molar-refractivity contribution in [3.05, 3.63) is 106 Å². The van der Waals surface area contributed by atoms with Gasteiger partial charge in [0.2, 0.25) is 17.7 Å². The minimum absolute atomic E-state index is 0.0509. The quantitative estimate of drug-likeness (QED) is 0.0954. The molecule has 17 heteroatoms. The van der Waals surface area contributed by atoms with E-state index < -0.39 is 5.41 Å². The normalized spacial score (nSPS) is 16.0. The van der Waals surface area contributed by atoms with Gasteiger partial charge in [0.1, 0.15) is 5.84 Å². The number of amides is 6. The van der Waals surface area contributed by atoms with Crippen molar-refractivity contribution in [1.82, 2.24) is 25.0 Å². The second-order valence-corrected chi connectivity index (χ2v) is 16.2. The van der Waals surface area contributed by atoms with E-state index in [1.165, 1.54) is 12.2 Å². The second kappa shape index (κ2) is 20.7. The zero-order valence-electron chi connectivity index (χ0n) is 36.0. The smallest absolute Gasteiger partial charge is 0.253 e. The van der Waals surface area contributed by atoms with Crippen LogP contribution in [0.25, 0.3) is 6.08 Å². The number of nitrogens with one attached hydrogen (secondary N) is 2. The van der Waals surface area contributed by atoms with Crippen LogP contribution in [-0.2, 0) is 58.4 Å². The van der Waals surface area contributed by atoms with E-state index in [4.69, 9.17) is 15.2 Å². The number of hydrogen-bond acceptors (Lipinski definition) is 12. The van der Waals surface area contributed by atoms with Crippen molar-refractivity contribution in [2.75, 3.05) is 64.5 Å². The van der Waals surface area contributed by atoms with Crippen LogP contribution >= 0.6 is 0 Å². The Kier molecular flexibility index (Phi) is 14.7. The van der Waals surface area contributed by atoms with E-state index in [0.29, 0.717) is 73.9 Å². The lowest BCUT2D eigenvalue weighted by Gasteiger charge is -2.29. The van der Waals surface area contributed by atoms with Crippen molar-refractivity contribution in [2.45, 2.75) is 64.0 Å². The highest BCUT2D eigenvalue weighted by Gasteiger charge is 2.51. The molecule has 0 unspecified atom stereocenters. The Morgan fingerprint density at radius 3 is 2.42 bits per heavy atom. The number of fused-ring (bicyclic) bond motifs is 2. The lowest BCUT2D eigenvalue weighted by Crippen LogP contribution is -2.37. The fraction of sp³-hybridized carbons (Fsp3) is 0.404. The molecule has 17 nitrogen and oxygen atoms in total. The molecule has 7 rings (SSSR count). The van der Waals surface area contributed by atoms with Gasteiger partial charge in [0.15, 0.2) is 0 Å². The minimum atomic E-state index is -0.748. The number of amidine groups is 1. The molecule has 4 heterocycles. The van der Waals surface area contributed by atoms with E-state index in [0.717, 1.165) is 39.3 Å². The Labute approximate surface area is 371 Å². The number of nitrogens with zero attached hydrogens (tertiary/aromatic N) is 5. The first-order chi connectivity index (χ1) is 31.0. The minimum Gasteiger partial charge on any atom is -0.395 e. The number of aliphatic hydroxyl groups excluding tert-OH is 1. The molecular weight excluding hydrogens is 821 g/mol. The van der Waals surface area contributed by atoms with Crippen LogP contribution in [0.4, 0.5) is 11.4 Å². The molecule has 0 bridgehead atoms. The van der Waals surface area contributed by atoms with Crippen molar-refractivity contribution in [1.29, 1.82) is 0 Å². The van der Waals surface area contributed by atoms with Gasteiger partial charge in [0, 0.05) is 80.1 Å². The van der Waals surface area contributed by atoms with Crippen LogP contribution in [0.1, 0.15) is 77.3 Å². The molecule has 1 aromatic heterocycles. The van der Waals surface area contributed by atoms with Crippen molar-refractivity contribution < 1.29 is 43.3 Å². The van der Waals surface area contributed by atoms with E-state index in [-0.39, 0.29) is 94.3 Å². The van der Waals surface area contributed by atoms with Gasteiger partial charge in [-0.05, 0) is 66.3 Å². The molecule has 0 atom stereocenters. The Morgan fingerprint density at radius 2 is 1.70 bits per heavy atom. The summed E-state index contributed by atoms with van der Waals surface area (Å²) in [7, 11) is 0. The van der Waals surface area contributed by atoms with E-state index >= 15 is 0 Å². The summed E-state index contributed by atoms with van der Waals surface area (Å²) in [5.74, 6) is -1.09. The van der Waals surface area contributed by atoms with Crippen LogP contribution in [-0.4, -0.2) is 125 Å². The molecule has 4 aliphatic rings. The summed E-state index contributed by atoms with van der Waals surface area (Å²) in [6.45, 7) is 5.00. The van der Waals surface area contributed by atoms with Crippen LogP contribution in [0.2, 0.25) is 0 Å². The Hall–Kier alpha value is -6.56. The lowest BCUT2D eigenvalue weighted by atomic mass is 9.92. The first-order valence-corrected chi connectivity index (χ1v) is 21.7. The summed E-state index contributed by atoms with van der Waals surface area (Å²) in [5.41, 5.74) is 11.6. The standard InChI is InChI=1S/C47H54N8O9/c1-2-16-53(18-19-56)45(61)34-24-33-7-8-36(27-39(33)52-40(48)26-34)47(13-14-47)46(62)51-37-25-35-30-54(17-11-38(35)50-28-37)41(57)12-20-63-22-23-64-21-15-49-44(60)32-5-3-31(4-6-32)29-55-42(58)9-10-43(55)59/h3-10,24-25,27-28,56H,2,11-23,26,29-30H2,1H3,(H2,48,52)(H,49,60)(H,51,62). The molecule has 1 fully saturated rings. The molecule has 0 saturated heterocycles. The molecule has 336 valence electrons. The number of nitrogens with two attached hydrogens (primary N) is 1. The van der Waals surface area contributed by atoms with Crippen LogP contribution < -0.4 is 16.4 Å². The molecular formula is C47H54N8O9. The van der Waals surface area contributed by atoms with Gasteiger partial charge in [-0.1, -0.05) is 31.2 Å². The number of imide groups is 1. The van der Waals surface area contributed by atoms with Gasteiger partial charge in [0.25, 0.3) is 17.7 Å². The number of pyridine rings is 1. The maximum absolute atomic E-state index is 13.9. The average Bonchev–Trinajstić information content (AvgIpc) is 4.08. The summed E-state index contributed by atoms with van der Waals surface area (Å²) >= 11 is 0. The summed E-state index contributed by atoms with van der Waals surface area (Å²) < 4.78 is 11.2. The summed E-state index contributed by atoms with van der Waals surface area (Å²) in [5, 5.41) is 15.3. The SMILES string of the molecule is CCCN(CCO)C(=O)C1=Cc2ccc(C3(C(=O)Nc4cnc5c(c4)CN(C(=O)CCOCCOCCNC(=O)c4ccc(CN6C(=O)C=CC6=O)cc4)CC5)CC3)cc2N=C(N)C1. The molecule has 1 saturated carbocycles. The van der Waals surface area contributed by atoms with Gasteiger partial charge in [0.05, 0.1) is 69.0 Å². The largest absolute Gasteiger partial charge is 0.395 e. The van der Waals surface area contributed by atoms with E-state index in [2.05, 4.69) is 20.6 Å². The number of anilines is 1. The zero-order chi connectivity index (χ0) is 45.2. The van der Waals surface area contributed by atoms with E-state index in [1.54, 1.807) is 46.3 Å². The topological polar surface area (TPSA) is 226 Å². The number of rotatable bonds is 20. The van der Waals surface area contributed by atoms with Crippen molar-refractivity contribution in [3.63, 3.8) is 0 Å². The van der Waals surface area contributed by atoms with Crippen LogP contribution in [0.3, 0.4) is 0 Å². The summed E-state index contributed by atoms with van der Waals surface area (Å²) in [6, 6.07) is 14.2. The third-order valence-electron chi connectivity index (χ3n) is 11.6. The molecule has 5 N–H and O–H groups in total. The summed E-state index contributed by atoms with van der Waals surface area (Å²) in [6.07, 6.45) is 8.96. The molecule has 3 aliphatic heterocycles. The predicted octanol–water partition coefficient (Wildman–Crippen LogP) is 2.92. The van der Waals surface area contributed by atoms with Crippen molar-refractivity contribution in [3.8, 4) is 0 Å². The van der Waals surface area contributed by atoms with Crippen LogP contribution in [0.15, 0.2) is 77.4 Å². The lowest BCUT2D eigenvalue weighted by molar-refractivity contribution is -0.137. The molecule has 0 spiro atoms. The number of aliphatic imine (C=N–C) groups is 1. The van der Waals surface area contributed by atoms with Gasteiger partial charge in [-0.15, -0.1) is 0 Å². The number of benzene rings is 2. The van der Waals surface area contributed by atoms with Crippen molar-refractivity contribution in [2.24, 2.45) is 10.7 Å². The van der Waals surface area contributed by atoms with Gasteiger partial charge < -0.3 is 40.7 Å². The Bertz CT molecular complexity index is 2350. The highest BCUT2D eigenvalue weighted by Crippen LogP contribution is 2.50. The third-order valence-corrected chi connectivity index (χ3v) is 11.6. The fourth-order valence-electron chi connectivity index (χ4n) is 7.97. The number of hydrogen-bond donors (Lipinski definition) is 4. The van der Waals surface area contributed by atoms with Gasteiger partial charge in [-0.3, -0.25) is 38.7 Å². The number of carbonyl (C=O) groups is 6. The first-order valence-electron chi connectivity index (χ1n) is 21.7. The number of aromatic nitrogens is 1. The third kappa shape index (κ3) is 11.0. The molecule has 6 amide bonds. The highest BCUT2D eigenvalue weighted by molar-refractivity contribution is 6.12. The Morgan fingerprint density at radius 1 is 0.953 bits per heavy atom. The van der Waals surface area contributed by atoms with Crippen LogP contribution in [0, 0.1) is 0 Å². The fourth-order valence-corrected chi connectivity index (χ4v) is 7.97. The molecule has 1 aliphatic carbocycles. The van der Waals surface area contributed by atoms with Crippen molar-refractivity contribution >= 4 is 58.7 Å². The zero-order valence-corrected chi connectivity index (χ0v) is 36.0.